The van der Waals surface area contributed by atoms with E-state index in [0.717, 1.165) is 5.56 Å². The maximum absolute atomic E-state index is 13.0. The minimum absolute atomic E-state index is 0. The molecular weight excluding hydrogens is 395 g/mol. The van der Waals surface area contributed by atoms with Crippen molar-refractivity contribution in [3.63, 3.8) is 0 Å². The molecule has 0 aromatic heterocycles. The SMILES string of the molecule is CCOC1CC(N)(C(=O)Nc2cccc(OCc3ccc(F)cc3)c2)C1(C)C.Cl. The van der Waals surface area contributed by atoms with Gasteiger partial charge in [-0.05, 0) is 36.8 Å². The Morgan fingerprint density at radius 3 is 2.55 bits per heavy atom. The van der Waals surface area contributed by atoms with Crippen molar-refractivity contribution in [2.45, 2.75) is 45.4 Å². The van der Waals surface area contributed by atoms with Crippen LogP contribution < -0.4 is 15.8 Å². The van der Waals surface area contributed by atoms with Gasteiger partial charge in [0, 0.05) is 30.2 Å². The molecule has 1 aliphatic rings. The fourth-order valence-corrected chi connectivity index (χ4v) is 3.47. The molecule has 29 heavy (non-hydrogen) atoms. The molecule has 1 saturated carbocycles. The normalized spacial score (nSPS) is 22.2. The van der Waals surface area contributed by atoms with Gasteiger partial charge in [0.25, 0.3) is 0 Å². The van der Waals surface area contributed by atoms with Crippen LogP contribution in [0.3, 0.4) is 0 Å². The van der Waals surface area contributed by atoms with Gasteiger partial charge in [0.15, 0.2) is 0 Å². The number of halogens is 2. The van der Waals surface area contributed by atoms with Gasteiger partial charge in [-0.3, -0.25) is 4.79 Å². The van der Waals surface area contributed by atoms with Crippen molar-refractivity contribution in [1.82, 2.24) is 0 Å². The van der Waals surface area contributed by atoms with Crippen LogP contribution in [0.2, 0.25) is 0 Å². The lowest BCUT2D eigenvalue weighted by Gasteiger charge is -2.57. The number of nitrogens with two attached hydrogens (primary N) is 1. The average molecular weight is 423 g/mol. The summed E-state index contributed by atoms with van der Waals surface area (Å²) in [6.07, 6.45) is 0.457. The molecule has 0 saturated heterocycles. The van der Waals surface area contributed by atoms with E-state index in [1.54, 1.807) is 36.4 Å². The highest BCUT2D eigenvalue weighted by atomic mass is 35.5. The molecule has 2 aromatic carbocycles. The quantitative estimate of drug-likeness (QED) is 0.697. The first kappa shape index (κ1) is 23.1. The van der Waals surface area contributed by atoms with Crippen molar-refractivity contribution in [3.8, 4) is 5.75 Å². The Hall–Kier alpha value is -2.15. The van der Waals surface area contributed by atoms with Crippen molar-refractivity contribution < 1.29 is 18.7 Å². The standard InChI is InChI=1S/C22H27FN2O3.ClH/c1-4-27-19-13-22(24,21(19,2)3)20(26)25-17-6-5-7-18(12-17)28-14-15-8-10-16(23)11-9-15;/h5-12,19H,4,13-14,24H2,1-3H3,(H,25,26);1H. The topological polar surface area (TPSA) is 73.6 Å². The molecule has 0 heterocycles. The van der Waals surface area contributed by atoms with Gasteiger partial charge in [0.05, 0.1) is 6.10 Å². The summed E-state index contributed by atoms with van der Waals surface area (Å²) >= 11 is 0. The summed E-state index contributed by atoms with van der Waals surface area (Å²) in [6.45, 7) is 6.75. The van der Waals surface area contributed by atoms with Crippen LogP contribution >= 0.6 is 12.4 Å². The van der Waals surface area contributed by atoms with Gasteiger partial charge in [0.2, 0.25) is 5.91 Å². The van der Waals surface area contributed by atoms with E-state index in [1.165, 1.54) is 12.1 Å². The summed E-state index contributed by atoms with van der Waals surface area (Å²) in [4.78, 5) is 12.8. The highest BCUT2D eigenvalue weighted by Crippen LogP contribution is 2.50. The van der Waals surface area contributed by atoms with Crippen molar-refractivity contribution in [2.24, 2.45) is 11.1 Å². The molecule has 3 rings (SSSR count). The first-order chi connectivity index (χ1) is 13.3. The van der Waals surface area contributed by atoms with E-state index in [9.17, 15) is 9.18 Å². The molecule has 1 amide bonds. The van der Waals surface area contributed by atoms with Crippen molar-refractivity contribution >= 4 is 24.0 Å². The van der Waals surface area contributed by atoms with Crippen LogP contribution in [-0.2, 0) is 16.1 Å². The molecule has 1 fully saturated rings. The van der Waals surface area contributed by atoms with Gasteiger partial charge in [-0.1, -0.05) is 32.0 Å². The van der Waals surface area contributed by atoms with Gasteiger partial charge >= 0.3 is 0 Å². The molecule has 7 heteroatoms. The number of rotatable bonds is 7. The minimum Gasteiger partial charge on any atom is -0.489 e. The second-order valence-electron chi connectivity index (χ2n) is 7.74. The summed E-state index contributed by atoms with van der Waals surface area (Å²) in [5.41, 5.74) is 6.45. The summed E-state index contributed by atoms with van der Waals surface area (Å²) in [6, 6.07) is 13.3. The Morgan fingerprint density at radius 2 is 1.93 bits per heavy atom. The van der Waals surface area contributed by atoms with Crippen LogP contribution in [0.15, 0.2) is 48.5 Å². The summed E-state index contributed by atoms with van der Waals surface area (Å²) in [5, 5.41) is 2.90. The number of ether oxygens (including phenoxy) is 2. The first-order valence-electron chi connectivity index (χ1n) is 9.45. The molecule has 2 atom stereocenters. The van der Waals surface area contributed by atoms with E-state index in [-0.39, 0.29) is 30.2 Å². The Labute approximate surface area is 177 Å². The fourth-order valence-electron chi connectivity index (χ4n) is 3.47. The molecular formula is C22H28ClFN2O3. The minimum atomic E-state index is -0.988. The summed E-state index contributed by atoms with van der Waals surface area (Å²) in [5.74, 6) is 0.0899. The predicted octanol–water partition coefficient (Wildman–Crippen LogP) is 4.30. The molecule has 1 aliphatic carbocycles. The molecule has 0 bridgehead atoms. The predicted molar refractivity (Wildman–Crippen MR) is 114 cm³/mol. The zero-order valence-electron chi connectivity index (χ0n) is 16.9. The summed E-state index contributed by atoms with van der Waals surface area (Å²) < 4.78 is 24.4. The first-order valence-corrected chi connectivity index (χ1v) is 9.45. The Morgan fingerprint density at radius 1 is 1.24 bits per heavy atom. The number of hydrogen-bond donors (Lipinski definition) is 2. The van der Waals surface area contributed by atoms with Crippen LogP contribution in [-0.4, -0.2) is 24.2 Å². The molecule has 158 valence electrons. The maximum atomic E-state index is 13.0. The third-order valence-corrected chi connectivity index (χ3v) is 5.65. The number of hydrogen-bond acceptors (Lipinski definition) is 4. The Balaban J connectivity index is 0.00000300. The number of amides is 1. The number of nitrogens with one attached hydrogen (secondary N) is 1. The third-order valence-electron chi connectivity index (χ3n) is 5.65. The van der Waals surface area contributed by atoms with Crippen LogP contribution in [0.5, 0.6) is 5.75 Å². The molecule has 0 aliphatic heterocycles. The van der Waals surface area contributed by atoms with Crippen molar-refractivity contribution in [1.29, 1.82) is 0 Å². The highest BCUT2D eigenvalue weighted by molar-refractivity contribution is 5.99. The van der Waals surface area contributed by atoms with E-state index in [2.05, 4.69) is 5.32 Å². The second kappa shape index (κ2) is 9.11. The van der Waals surface area contributed by atoms with E-state index in [0.29, 0.717) is 31.1 Å². The van der Waals surface area contributed by atoms with E-state index < -0.39 is 11.0 Å². The third kappa shape index (κ3) is 4.71. The average Bonchev–Trinajstić information content (AvgIpc) is 2.67. The highest BCUT2D eigenvalue weighted by Gasteiger charge is 2.62. The lowest BCUT2D eigenvalue weighted by molar-refractivity contribution is -0.166. The monoisotopic (exact) mass is 422 g/mol. The number of benzene rings is 2. The van der Waals surface area contributed by atoms with Crippen molar-refractivity contribution in [3.05, 3.63) is 59.9 Å². The molecule has 3 N–H and O–H groups in total. The second-order valence-corrected chi connectivity index (χ2v) is 7.74. The molecule has 2 unspecified atom stereocenters. The number of carbonyl (C=O) groups is 1. The fraction of sp³-hybridized carbons (Fsp3) is 0.409. The van der Waals surface area contributed by atoms with Gasteiger partial charge in [-0.15, -0.1) is 12.4 Å². The molecule has 0 radical (unpaired) electrons. The van der Waals surface area contributed by atoms with Crippen LogP contribution in [0.4, 0.5) is 10.1 Å². The largest absolute Gasteiger partial charge is 0.489 e. The molecule has 5 nitrogen and oxygen atoms in total. The van der Waals surface area contributed by atoms with E-state index >= 15 is 0 Å². The van der Waals surface area contributed by atoms with Gasteiger partial charge in [-0.2, -0.15) is 0 Å². The van der Waals surface area contributed by atoms with Crippen LogP contribution in [0.25, 0.3) is 0 Å². The lowest BCUT2D eigenvalue weighted by Crippen LogP contribution is -2.74. The van der Waals surface area contributed by atoms with Gasteiger partial charge in [-0.25, -0.2) is 4.39 Å². The Bertz CT molecular complexity index is 844. The Kier molecular flexibility index (Phi) is 7.27. The van der Waals surface area contributed by atoms with Gasteiger partial charge in [0.1, 0.15) is 23.7 Å². The van der Waals surface area contributed by atoms with Gasteiger partial charge < -0.3 is 20.5 Å². The van der Waals surface area contributed by atoms with E-state index in [1.807, 2.05) is 20.8 Å². The molecule has 2 aromatic rings. The molecule has 0 spiro atoms. The number of carbonyl (C=O) groups excluding carboxylic acids is 1. The van der Waals surface area contributed by atoms with Crippen LogP contribution in [0, 0.1) is 11.2 Å². The summed E-state index contributed by atoms with van der Waals surface area (Å²) in [7, 11) is 0. The van der Waals surface area contributed by atoms with E-state index in [4.69, 9.17) is 15.2 Å². The lowest BCUT2D eigenvalue weighted by atomic mass is 9.54. The number of anilines is 1. The maximum Gasteiger partial charge on any atom is 0.245 e. The van der Waals surface area contributed by atoms with Crippen molar-refractivity contribution in [2.75, 3.05) is 11.9 Å². The smallest absolute Gasteiger partial charge is 0.245 e. The zero-order chi connectivity index (χ0) is 20.4. The van der Waals surface area contributed by atoms with Crippen LogP contribution in [0.1, 0.15) is 32.8 Å². The zero-order valence-corrected chi connectivity index (χ0v) is 17.7.